The zero-order chi connectivity index (χ0) is 11.1. The Morgan fingerprint density at radius 2 is 1.57 bits per heavy atom. The molecule has 2 nitrogen and oxygen atoms in total. The second-order valence-corrected chi connectivity index (χ2v) is 6.45. The normalized spacial score (nSPS) is 29.1. The molecule has 0 aromatic heterocycles. The van der Waals surface area contributed by atoms with Crippen LogP contribution in [0.4, 0.5) is 0 Å². The van der Waals surface area contributed by atoms with Crippen LogP contribution in [0.25, 0.3) is 0 Å². The smallest absolute Gasteiger partial charge is 0.309 e. The molecular weight excluding hydrogens is 176 g/mol. The Labute approximate surface area is 87.0 Å². The van der Waals surface area contributed by atoms with Crippen LogP contribution in [0.2, 0.25) is 0 Å². The Balaban J connectivity index is 2.75. The molecule has 0 unspecified atom stereocenters. The van der Waals surface area contributed by atoms with Crippen LogP contribution in [0.1, 0.15) is 48.0 Å². The number of esters is 1. The van der Waals surface area contributed by atoms with Gasteiger partial charge in [0.25, 0.3) is 0 Å². The monoisotopic (exact) mass is 198 g/mol. The number of hydrogen-bond donors (Lipinski definition) is 0. The Bertz CT molecular complexity index is 230. The molecule has 0 aromatic carbocycles. The van der Waals surface area contributed by atoms with Gasteiger partial charge in [-0.25, -0.2) is 0 Å². The van der Waals surface area contributed by atoms with Crippen molar-refractivity contribution >= 4 is 5.97 Å². The first kappa shape index (κ1) is 11.5. The van der Waals surface area contributed by atoms with Gasteiger partial charge in [0.15, 0.2) is 0 Å². The van der Waals surface area contributed by atoms with E-state index in [0.717, 1.165) is 6.42 Å². The minimum atomic E-state index is -0.0163. The van der Waals surface area contributed by atoms with E-state index in [-0.39, 0.29) is 28.8 Å². The van der Waals surface area contributed by atoms with Gasteiger partial charge in [-0.2, -0.15) is 0 Å². The van der Waals surface area contributed by atoms with Gasteiger partial charge in [-0.3, -0.25) is 4.79 Å². The molecule has 0 radical (unpaired) electrons. The fourth-order valence-electron chi connectivity index (χ4n) is 1.82. The van der Waals surface area contributed by atoms with E-state index >= 15 is 0 Å². The van der Waals surface area contributed by atoms with E-state index in [4.69, 9.17) is 4.74 Å². The third-order valence-electron chi connectivity index (χ3n) is 3.00. The topological polar surface area (TPSA) is 26.3 Å². The summed E-state index contributed by atoms with van der Waals surface area (Å²) in [5.41, 5.74) is 0.0900. The number of cyclic esters (lactones) is 1. The Morgan fingerprint density at radius 3 is 1.79 bits per heavy atom. The first-order chi connectivity index (χ1) is 6.12. The molecule has 0 amide bonds. The average molecular weight is 198 g/mol. The van der Waals surface area contributed by atoms with Crippen LogP contribution in [-0.2, 0) is 9.53 Å². The van der Waals surface area contributed by atoms with Crippen molar-refractivity contribution in [3.63, 3.8) is 0 Å². The van der Waals surface area contributed by atoms with Gasteiger partial charge in [0.1, 0.15) is 6.10 Å². The molecule has 0 N–H and O–H groups in total. The predicted octanol–water partition coefficient (Wildman–Crippen LogP) is 3.01. The third-order valence-corrected chi connectivity index (χ3v) is 3.00. The molecule has 1 rings (SSSR count). The second kappa shape index (κ2) is 3.25. The van der Waals surface area contributed by atoms with Gasteiger partial charge >= 0.3 is 5.97 Å². The van der Waals surface area contributed by atoms with Crippen LogP contribution in [0.15, 0.2) is 0 Å². The summed E-state index contributed by atoms with van der Waals surface area (Å²) in [4.78, 5) is 11.7. The quantitative estimate of drug-likeness (QED) is 0.559. The van der Waals surface area contributed by atoms with E-state index in [9.17, 15) is 4.79 Å². The van der Waals surface area contributed by atoms with Crippen molar-refractivity contribution in [3.05, 3.63) is 0 Å². The van der Waals surface area contributed by atoms with Gasteiger partial charge in [-0.05, 0) is 17.3 Å². The van der Waals surface area contributed by atoms with Gasteiger partial charge < -0.3 is 4.74 Å². The molecule has 2 heteroatoms. The van der Waals surface area contributed by atoms with E-state index in [1.54, 1.807) is 0 Å². The fourth-order valence-corrected chi connectivity index (χ4v) is 1.82. The van der Waals surface area contributed by atoms with Crippen LogP contribution < -0.4 is 0 Å². The summed E-state index contributed by atoms with van der Waals surface area (Å²) >= 11 is 0. The predicted molar refractivity (Wildman–Crippen MR) is 56.9 cm³/mol. The molecule has 1 heterocycles. The molecule has 0 spiro atoms. The summed E-state index contributed by atoms with van der Waals surface area (Å²) in [5, 5.41) is 0. The van der Waals surface area contributed by atoms with Crippen LogP contribution in [0.3, 0.4) is 0 Å². The molecular formula is C12H22O2. The molecule has 14 heavy (non-hydrogen) atoms. The summed E-state index contributed by atoms with van der Waals surface area (Å²) in [5.74, 6) is 0.0455. The van der Waals surface area contributed by atoms with E-state index < -0.39 is 0 Å². The highest BCUT2D eigenvalue weighted by atomic mass is 16.6. The summed E-state index contributed by atoms with van der Waals surface area (Å²) in [7, 11) is 0. The van der Waals surface area contributed by atoms with Crippen molar-refractivity contribution in [3.8, 4) is 0 Å². The molecule has 1 aliphatic heterocycles. The van der Waals surface area contributed by atoms with Crippen molar-refractivity contribution in [2.45, 2.75) is 54.1 Å². The molecule has 0 aliphatic carbocycles. The van der Waals surface area contributed by atoms with E-state index in [2.05, 4.69) is 41.5 Å². The van der Waals surface area contributed by atoms with Gasteiger partial charge in [-0.15, -0.1) is 0 Å². The lowest BCUT2D eigenvalue weighted by Crippen LogP contribution is -2.26. The van der Waals surface area contributed by atoms with Crippen LogP contribution in [0.5, 0.6) is 0 Å². The maximum atomic E-state index is 11.7. The number of carbonyl (C=O) groups is 1. The first-order valence-electron chi connectivity index (χ1n) is 5.33. The van der Waals surface area contributed by atoms with E-state index in [0.29, 0.717) is 0 Å². The summed E-state index contributed by atoms with van der Waals surface area (Å²) in [6, 6.07) is 0. The lowest BCUT2D eigenvalue weighted by molar-refractivity contribution is -0.149. The number of rotatable bonds is 0. The minimum absolute atomic E-state index is 0.0163. The molecule has 1 fully saturated rings. The van der Waals surface area contributed by atoms with Crippen molar-refractivity contribution in [1.82, 2.24) is 0 Å². The molecule has 1 aliphatic rings. The van der Waals surface area contributed by atoms with Crippen LogP contribution >= 0.6 is 0 Å². The highest BCUT2D eigenvalue weighted by Crippen LogP contribution is 2.41. The Hall–Kier alpha value is -0.530. The standard InChI is InChI=1S/C12H22O2/c1-11(2,3)8-7-9(12(4,5)6)14-10(8)13/h8-9H,7H2,1-6H3/t8-,9-/m0/s1. The van der Waals surface area contributed by atoms with E-state index in [1.807, 2.05) is 0 Å². The second-order valence-electron chi connectivity index (χ2n) is 6.45. The summed E-state index contributed by atoms with van der Waals surface area (Å²) in [6.07, 6.45) is 0.950. The lowest BCUT2D eigenvalue weighted by atomic mass is 9.76. The van der Waals surface area contributed by atoms with Crippen molar-refractivity contribution < 1.29 is 9.53 Å². The zero-order valence-corrected chi connectivity index (χ0v) is 10.2. The largest absolute Gasteiger partial charge is 0.462 e. The molecule has 0 aromatic rings. The number of hydrogen-bond acceptors (Lipinski definition) is 2. The van der Waals surface area contributed by atoms with Gasteiger partial charge in [0.05, 0.1) is 5.92 Å². The van der Waals surface area contributed by atoms with Gasteiger partial charge in [-0.1, -0.05) is 41.5 Å². The van der Waals surface area contributed by atoms with Gasteiger partial charge in [0, 0.05) is 0 Å². The summed E-state index contributed by atoms with van der Waals surface area (Å²) < 4.78 is 5.43. The maximum absolute atomic E-state index is 11.7. The van der Waals surface area contributed by atoms with Crippen molar-refractivity contribution in [2.24, 2.45) is 16.7 Å². The Kier molecular flexibility index (Phi) is 2.68. The van der Waals surface area contributed by atoms with Crippen LogP contribution in [-0.4, -0.2) is 12.1 Å². The lowest BCUT2D eigenvalue weighted by Gasteiger charge is -2.26. The molecule has 0 bridgehead atoms. The zero-order valence-electron chi connectivity index (χ0n) is 10.2. The van der Waals surface area contributed by atoms with E-state index in [1.165, 1.54) is 0 Å². The highest BCUT2D eigenvalue weighted by molar-refractivity contribution is 5.75. The molecule has 2 atom stereocenters. The third kappa shape index (κ3) is 2.28. The number of carbonyl (C=O) groups excluding carboxylic acids is 1. The van der Waals surface area contributed by atoms with Crippen molar-refractivity contribution in [1.29, 1.82) is 0 Å². The number of ether oxygens (including phenoxy) is 1. The highest BCUT2D eigenvalue weighted by Gasteiger charge is 2.45. The van der Waals surface area contributed by atoms with Crippen LogP contribution in [0, 0.1) is 16.7 Å². The SMILES string of the molecule is CC(C)(C)[C@@H]1C[C@H](C(C)(C)C)C(=O)O1. The minimum Gasteiger partial charge on any atom is -0.462 e. The van der Waals surface area contributed by atoms with Crippen molar-refractivity contribution in [2.75, 3.05) is 0 Å². The molecule has 82 valence electrons. The maximum Gasteiger partial charge on any atom is 0.309 e. The average Bonchev–Trinajstić information content (AvgIpc) is 2.27. The Morgan fingerprint density at radius 1 is 1.07 bits per heavy atom. The first-order valence-corrected chi connectivity index (χ1v) is 5.33. The van der Waals surface area contributed by atoms with Gasteiger partial charge in [0.2, 0.25) is 0 Å². The summed E-state index contributed by atoms with van der Waals surface area (Å²) in [6.45, 7) is 12.7. The molecule has 1 saturated heterocycles. The fraction of sp³-hybridized carbons (Fsp3) is 0.917. The molecule has 0 saturated carbocycles.